The summed E-state index contributed by atoms with van der Waals surface area (Å²) in [4.78, 5) is 25.4. The number of carbonyl (C=O) groups is 1. The second-order valence-corrected chi connectivity index (χ2v) is 7.40. The minimum absolute atomic E-state index is 0.0249. The second-order valence-electron chi connectivity index (χ2n) is 7.40. The van der Waals surface area contributed by atoms with E-state index in [4.69, 9.17) is 4.74 Å². The molecule has 0 radical (unpaired) electrons. The highest BCUT2D eigenvalue weighted by Gasteiger charge is 2.29. The lowest BCUT2D eigenvalue weighted by Gasteiger charge is -2.29. The van der Waals surface area contributed by atoms with Crippen molar-refractivity contribution in [3.63, 3.8) is 0 Å². The van der Waals surface area contributed by atoms with Gasteiger partial charge in [-0.05, 0) is 41.8 Å². The molecule has 1 saturated heterocycles. The van der Waals surface area contributed by atoms with Gasteiger partial charge in [0, 0.05) is 38.2 Å². The van der Waals surface area contributed by atoms with Crippen molar-refractivity contribution in [2.75, 3.05) is 24.5 Å². The maximum Gasteiger partial charge on any atom is 0.262 e. The smallest absolute Gasteiger partial charge is 0.262 e. The van der Waals surface area contributed by atoms with Crippen molar-refractivity contribution in [3.05, 3.63) is 40.3 Å². The van der Waals surface area contributed by atoms with Crippen LogP contribution >= 0.6 is 0 Å². The van der Waals surface area contributed by atoms with E-state index in [1.165, 1.54) is 6.08 Å². The number of amides is 1. The van der Waals surface area contributed by atoms with Crippen LogP contribution in [0.5, 0.6) is 0 Å². The molecular formula is C22H30N4O4. The summed E-state index contributed by atoms with van der Waals surface area (Å²) in [6.45, 7) is 6.34. The molecule has 0 aliphatic carbocycles. The van der Waals surface area contributed by atoms with Crippen LogP contribution in [0.2, 0.25) is 0 Å². The number of nitroso groups, excluding NO2 is 1. The number of nitrogens with zero attached hydrogens (tertiary/aromatic N) is 3. The molecule has 162 valence electrons. The molecule has 2 N–H and O–H groups in total. The minimum atomic E-state index is -0.917. The zero-order valence-electron chi connectivity index (χ0n) is 17.6. The van der Waals surface area contributed by atoms with Gasteiger partial charge in [-0.3, -0.25) is 4.79 Å². The highest BCUT2D eigenvalue weighted by Crippen LogP contribution is 2.20. The SMILES string of the molecule is CCCN(CCC)c1ccc(/C=C(\C#N)C(=O)NCC2CC(O)CC(N=O)O2)cc1. The monoisotopic (exact) mass is 414 g/mol. The largest absolute Gasteiger partial charge is 0.393 e. The van der Waals surface area contributed by atoms with Gasteiger partial charge in [0.1, 0.15) is 11.6 Å². The molecule has 0 spiro atoms. The van der Waals surface area contributed by atoms with E-state index in [1.807, 2.05) is 30.3 Å². The molecule has 1 amide bonds. The fraction of sp³-hybridized carbons (Fsp3) is 0.545. The van der Waals surface area contributed by atoms with Gasteiger partial charge in [0.25, 0.3) is 5.91 Å². The first-order chi connectivity index (χ1) is 14.5. The predicted octanol–water partition coefficient (Wildman–Crippen LogP) is 2.97. The first-order valence-corrected chi connectivity index (χ1v) is 10.4. The van der Waals surface area contributed by atoms with Gasteiger partial charge in [0.15, 0.2) is 6.23 Å². The van der Waals surface area contributed by atoms with E-state index in [0.29, 0.717) is 6.42 Å². The number of aliphatic hydroxyl groups is 1. The third-order valence-electron chi connectivity index (χ3n) is 4.89. The molecule has 8 heteroatoms. The summed E-state index contributed by atoms with van der Waals surface area (Å²) in [5.41, 5.74) is 1.85. The van der Waals surface area contributed by atoms with E-state index in [-0.39, 0.29) is 18.5 Å². The Morgan fingerprint density at radius 1 is 1.30 bits per heavy atom. The van der Waals surface area contributed by atoms with Gasteiger partial charge in [-0.2, -0.15) is 5.26 Å². The summed E-state index contributed by atoms with van der Waals surface area (Å²) < 4.78 is 5.40. The number of hydrogen-bond donors (Lipinski definition) is 2. The van der Waals surface area contributed by atoms with Crippen LogP contribution in [0.3, 0.4) is 0 Å². The lowest BCUT2D eigenvalue weighted by Crippen LogP contribution is -2.42. The van der Waals surface area contributed by atoms with Gasteiger partial charge in [0.2, 0.25) is 0 Å². The van der Waals surface area contributed by atoms with Crippen molar-refractivity contribution in [1.29, 1.82) is 5.26 Å². The van der Waals surface area contributed by atoms with Crippen LogP contribution in [0.1, 0.15) is 45.1 Å². The maximum absolute atomic E-state index is 12.4. The van der Waals surface area contributed by atoms with Crippen LogP contribution in [0.15, 0.2) is 35.0 Å². The molecule has 8 nitrogen and oxygen atoms in total. The molecule has 1 fully saturated rings. The quantitative estimate of drug-likeness (QED) is 0.345. The number of nitriles is 1. The summed E-state index contributed by atoms with van der Waals surface area (Å²) in [6, 6.07) is 9.69. The molecule has 3 unspecified atom stereocenters. The molecule has 1 aliphatic heterocycles. The number of hydrogen-bond acceptors (Lipinski definition) is 7. The fourth-order valence-electron chi connectivity index (χ4n) is 3.47. The number of benzene rings is 1. The van der Waals surface area contributed by atoms with Crippen molar-refractivity contribution in [2.24, 2.45) is 5.18 Å². The summed E-state index contributed by atoms with van der Waals surface area (Å²) in [5, 5.41) is 24.6. The number of carbonyl (C=O) groups excluding carboxylic acids is 1. The van der Waals surface area contributed by atoms with E-state index in [0.717, 1.165) is 37.2 Å². The van der Waals surface area contributed by atoms with Gasteiger partial charge in [-0.25, -0.2) is 0 Å². The topological polar surface area (TPSA) is 115 Å². The molecule has 0 bridgehead atoms. The Labute approximate surface area is 177 Å². The summed E-state index contributed by atoms with van der Waals surface area (Å²) in [7, 11) is 0. The molecule has 2 rings (SSSR count). The first kappa shape index (κ1) is 23.5. The number of nitrogens with one attached hydrogen (secondary N) is 1. The average Bonchev–Trinajstić information content (AvgIpc) is 2.75. The maximum atomic E-state index is 12.4. The lowest BCUT2D eigenvalue weighted by atomic mass is 10.0. The summed E-state index contributed by atoms with van der Waals surface area (Å²) in [5.74, 6) is -0.528. The molecule has 0 saturated carbocycles. The van der Waals surface area contributed by atoms with E-state index in [9.17, 15) is 20.1 Å². The van der Waals surface area contributed by atoms with Gasteiger partial charge in [-0.15, -0.1) is 4.91 Å². The van der Waals surface area contributed by atoms with Gasteiger partial charge < -0.3 is 20.1 Å². The Morgan fingerprint density at radius 3 is 2.53 bits per heavy atom. The Balaban J connectivity index is 1.99. The van der Waals surface area contributed by atoms with Crippen molar-refractivity contribution >= 4 is 17.7 Å². The highest BCUT2D eigenvalue weighted by molar-refractivity contribution is 6.01. The van der Waals surface area contributed by atoms with E-state index >= 15 is 0 Å². The molecule has 1 aliphatic rings. The molecule has 0 aromatic heterocycles. The van der Waals surface area contributed by atoms with Gasteiger partial charge >= 0.3 is 0 Å². The second kappa shape index (κ2) is 12.1. The summed E-state index contributed by atoms with van der Waals surface area (Å²) in [6.07, 6.45) is 1.97. The third-order valence-corrected chi connectivity index (χ3v) is 4.89. The molecule has 1 aromatic carbocycles. The third kappa shape index (κ3) is 6.94. The zero-order valence-corrected chi connectivity index (χ0v) is 17.6. The van der Waals surface area contributed by atoms with Crippen LogP contribution in [0.4, 0.5) is 5.69 Å². The predicted molar refractivity (Wildman–Crippen MR) is 116 cm³/mol. The van der Waals surface area contributed by atoms with Gasteiger partial charge in [-0.1, -0.05) is 26.0 Å². The fourth-order valence-corrected chi connectivity index (χ4v) is 3.47. The van der Waals surface area contributed by atoms with Crippen LogP contribution in [0.25, 0.3) is 6.08 Å². The molecule has 1 aromatic rings. The Hall–Kier alpha value is -2.76. The molecular weight excluding hydrogens is 384 g/mol. The normalized spacial score (nSPS) is 21.5. The molecule has 1 heterocycles. The standard InChI is InChI=1S/C22H30N4O4/c1-3-9-26(10-4-2)18-7-5-16(6-8-18)11-17(14-23)22(28)24-15-20-12-19(27)13-21(25-29)30-20/h5-8,11,19-21,27H,3-4,9-10,12-13,15H2,1-2H3,(H,24,28)/b17-11+. The number of anilines is 1. The van der Waals surface area contributed by atoms with E-state index in [2.05, 4.69) is 29.2 Å². The first-order valence-electron chi connectivity index (χ1n) is 10.4. The van der Waals surface area contributed by atoms with Crippen molar-refractivity contribution in [1.82, 2.24) is 5.32 Å². The average molecular weight is 415 g/mol. The zero-order chi connectivity index (χ0) is 21.9. The molecule has 30 heavy (non-hydrogen) atoms. The lowest BCUT2D eigenvalue weighted by molar-refractivity contribution is -0.120. The van der Waals surface area contributed by atoms with Crippen molar-refractivity contribution in [3.8, 4) is 6.07 Å². The van der Waals surface area contributed by atoms with Crippen LogP contribution in [-0.4, -0.2) is 49.1 Å². The van der Waals surface area contributed by atoms with Crippen LogP contribution in [-0.2, 0) is 9.53 Å². The van der Waals surface area contributed by atoms with Crippen LogP contribution < -0.4 is 10.2 Å². The van der Waals surface area contributed by atoms with E-state index in [1.54, 1.807) is 0 Å². The van der Waals surface area contributed by atoms with Crippen molar-refractivity contribution < 1.29 is 14.6 Å². The number of aliphatic hydroxyl groups excluding tert-OH is 1. The number of rotatable bonds is 10. The Morgan fingerprint density at radius 2 is 1.97 bits per heavy atom. The Bertz CT molecular complexity index is 766. The van der Waals surface area contributed by atoms with Crippen LogP contribution in [0, 0.1) is 16.2 Å². The Kier molecular flexibility index (Phi) is 9.45. The minimum Gasteiger partial charge on any atom is -0.393 e. The van der Waals surface area contributed by atoms with Crippen molar-refractivity contribution in [2.45, 2.75) is 58.0 Å². The molecule has 3 atom stereocenters. The number of ether oxygens (including phenoxy) is 1. The van der Waals surface area contributed by atoms with Gasteiger partial charge in [0.05, 0.1) is 12.2 Å². The van der Waals surface area contributed by atoms with E-state index < -0.39 is 24.3 Å². The summed E-state index contributed by atoms with van der Waals surface area (Å²) >= 11 is 0. The highest BCUT2D eigenvalue weighted by atomic mass is 16.5.